The van der Waals surface area contributed by atoms with E-state index in [1.54, 1.807) is 0 Å². The fourth-order valence-electron chi connectivity index (χ4n) is 0. The molecule has 0 aliphatic carbocycles. The van der Waals surface area contributed by atoms with Gasteiger partial charge in [0.2, 0.25) is 0 Å². The van der Waals surface area contributed by atoms with E-state index in [1.165, 1.54) is 0 Å². The number of hydrogen-bond acceptors (Lipinski definition) is 1. The Balaban J connectivity index is 0. The van der Waals surface area contributed by atoms with Crippen molar-refractivity contribution in [1.29, 1.82) is 0 Å². The predicted octanol–water partition coefficient (Wildman–Crippen LogP) is -0.919. The second-order valence-electron chi connectivity index (χ2n) is 0. The molecular weight excluding hydrogens is 220 g/mol. The minimum atomic E-state index is 0. The average Bonchev–Trinajstić information content (AvgIpc) is 0. The van der Waals surface area contributed by atoms with Crippen molar-refractivity contribution in [2.24, 2.45) is 0 Å². The summed E-state index contributed by atoms with van der Waals surface area (Å²) in [5.41, 5.74) is 0. The quantitative estimate of drug-likeness (QED) is 0.483. The third-order valence-electron chi connectivity index (χ3n) is 0. The molecule has 1 N–H and O–H groups in total. The van der Waals surface area contributed by atoms with Crippen molar-refractivity contribution in [2.75, 3.05) is 0 Å². The molecule has 41 valence electrons. The maximum Gasteiger partial charge on any atom is 3.00 e. The zero-order valence-electron chi connectivity index (χ0n) is 3.26. The fraction of sp³-hybridized carbons (Fsp3) is 0. The van der Waals surface area contributed by atoms with Crippen molar-refractivity contribution in [2.45, 2.75) is 0 Å². The second kappa shape index (κ2) is 139. The Morgan fingerprint density at radius 3 is 0.714 bits per heavy atom. The van der Waals surface area contributed by atoms with Gasteiger partial charge < -0.3 is 21.9 Å². The topological polar surface area (TPSA) is 116 Å². The molecule has 0 heterocycles. The molecule has 7 heavy (non-hydrogen) atoms. The molecule has 0 aliphatic rings. The third-order valence-corrected chi connectivity index (χ3v) is 0. The summed E-state index contributed by atoms with van der Waals surface area (Å²) in [6.45, 7) is 0. The van der Waals surface area contributed by atoms with Gasteiger partial charge in [0.15, 0.2) is 0 Å². The predicted molar refractivity (Wildman–Crippen MR) is 9.75 cm³/mol. The molecule has 7 heteroatoms. The summed E-state index contributed by atoms with van der Waals surface area (Å²) in [6, 6.07) is 0. The van der Waals surface area contributed by atoms with Gasteiger partial charge in [0.05, 0.1) is 0 Å². The molecule has 0 rings (SSSR count). The van der Waals surface area contributed by atoms with Crippen LogP contribution in [0.2, 0.25) is 0 Å². The van der Waals surface area contributed by atoms with Crippen LogP contribution in [0.15, 0.2) is 0 Å². The molecule has 0 unspecified atom stereocenters. The molecule has 0 aliphatic heterocycles. The Morgan fingerprint density at radius 1 is 0.714 bits per heavy atom. The Hall–Kier alpha value is 1.52. The standard InChI is InChI=1S/Al.Cu.H2O.3O.Zn/h;;1H2;;;;/q+3;+2;;3*-2;+2/p-1. The van der Waals surface area contributed by atoms with E-state index in [0.717, 1.165) is 0 Å². The molecule has 0 aromatic rings. The first-order valence-electron chi connectivity index (χ1n) is 0. The molecule has 0 saturated carbocycles. The molecule has 0 saturated heterocycles. The van der Waals surface area contributed by atoms with Gasteiger partial charge in [-0.2, -0.15) is 0 Å². The van der Waals surface area contributed by atoms with Crippen LogP contribution in [0.4, 0.5) is 0 Å². The van der Waals surface area contributed by atoms with Gasteiger partial charge in [-0.05, 0) is 0 Å². The molecule has 0 atom stereocenters. The summed E-state index contributed by atoms with van der Waals surface area (Å²) in [5.74, 6) is 0. The molecule has 0 aromatic heterocycles. The van der Waals surface area contributed by atoms with Gasteiger partial charge in [0.1, 0.15) is 0 Å². The van der Waals surface area contributed by atoms with Crippen molar-refractivity contribution in [1.82, 2.24) is 0 Å². The number of rotatable bonds is 0. The van der Waals surface area contributed by atoms with Crippen LogP contribution in [0.1, 0.15) is 0 Å². The van der Waals surface area contributed by atoms with Crippen LogP contribution in [0.3, 0.4) is 0 Å². The Bertz CT molecular complexity index is 11.7. The van der Waals surface area contributed by atoms with E-state index in [1.807, 2.05) is 0 Å². The molecule has 4 nitrogen and oxygen atoms in total. The first kappa shape index (κ1) is 209. The van der Waals surface area contributed by atoms with Crippen molar-refractivity contribution >= 4 is 17.4 Å². The van der Waals surface area contributed by atoms with Gasteiger partial charge in [0.25, 0.3) is 0 Å². The zero-order chi connectivity index (χ0) is 0. The van der Waals surface area contributed by atoms with Crippen LogP contribution in [0.5, 0.6) is 0 Å². The molecule has 0 aromatic carbocycles. The minimum Gasteiger partial charge on any atom is -2.00 e. The van der Waals surface area contributed by atoms with Gasteiger partial charge in [-0.1, -0.05) is 0 Å². The minimum absolute atomic E-state index is 0. The summed E-state index contributed by atoms with van der Waals surface area (Å²) >= 11 is 0. The van der Waals surface area contributed by atoms with Crippen LogP contribution in [-0.4, -0.2) is 22.8 Å². The zero-order valence-corrected chi connectivity index (χ0v) is 8.32. The molecule has 0 spiro atoms. The van der Waals surface area contributed by atoms with Crippen molar-refractivity contribution in [3.63, 3.8) is 0 Å². The first-order valence-corrected chi connectivity index (χ1v) is 0. The third kappa shape index (κ3) is 99.6. The smallest absolute Gasteiger partial charge is 2.00 e. The van der Waals surface area contributed by atoms with Crippen LogP contribution in [0, 0.1) is 0 Å². The fourth-order valence-corrected chi connectivity index (χ4v) is 0. The largest absolute Gasteiger partial charge is 3.00 e. The van der Waals surface area contributed by atoms with Gasteiger partial charge in [-0.15, -0.1) is 0 Å². The van der Waals surface area contributed by atoms with Crippen molar-refractivity contribution in [3.8, 4) is 0 Å². The monoisotopic (exact) mass is 219 g/mol. The van der Waals surface area contributed by atoms with Gasteiger partial charge >= 0.3 is 53.9 Å². The summed E-state index contributed by atoms with van der Waals surface area (Å²) in [6.07, 6.45) is 0. The molecular formula is HAlCuO4Zn. The summed E-state index contributed by atoms with van der Waals surface area (Å²) < 4.78 is 0. The molecule has 0 fully saturated rings. The van der Waals surface area contributed by atoms with Crippen molar-refractivity contribution < 1.29 is 58.5 Å². The van der Waals surface area contributed by atoms with E-state index in [-0.39, 0.29) is 75.8 Å². The van der Waals surface area contributed by atoms with Gasteiger partial charge in [0, 0.05) is 0 Å². The SMILES string of the molecule is [Al+3].[Cu+2].[O-2].[O-2].[O-2].[OH-].[Zn+2]. The average molecular weight is 221 g/mol. The maximum absolute atomic E-state index is 0. The Labute approximate surface area is 75.6 Å². The van der Waals surface area contributed by atoms with Crippen LogP contribution in [0.25, 0.3) is 0 Å². The van der Waals surface area contributed by atoms with E-state index < -0.39 is 0 Å². The van der Waals surface area contributed by atoms with Crippen molar-refractivity contribution in [3.05, 3.63) is 0 Å². The first-order chi connectivity index (χ1) is 0. The normalized spacial score (nSPS) is 0. The Kier molecular flexibility index (Phi) is 4160. The molecule has 0 amide bonds. The molecule has 1 radical (unpaired) electrons. The van der Waals surface area contributed by atoms with Crippen LogP contribution < -0.4 is 0 Å². The van der Waals surface area contributed by atoms with Crippen LogP contribution in [-0.2, 0) is 53.0 Å². The molecule has 0 bridgehead atoms. The van der Waals surface area contributed by atoms with E-state index in [2.05, 4.69) is 0 Å². The Morgan fingerprint density at radius 2 is 0.714 bits per heavy atom. The van der Waals surface area contributed by atoms with Crippen LogP contribution >= 0.6 is 0 Å². The summed E-state index contributed by atoms with van der Waals surface area (Å²) in [4.78, 5) is 0. The van der Waals surface area contributed by atoms with E-state index in [9.17, 15) is 0 Å². The summed E-state index contributed by atoms with van der Waals surface area (Å²) in [7, 11) is 0. The number of hydrogen-bond donors (Lipinski definition) is 0. The van der Waals surface area contributed by atoms with E-state index in [4.69, 9.17) is 0 Å². The van der Waals surface area contributed by atoms with Gasteiger partial charge in [-0.25, -0.2) is 0 Å². The maximum atomic E-state index is 0. The van der Waals surface area contributed by atoms with E-state index >= 15 is 0 Å². The van der Waals surface area contributed by atoms with Gasteiger partial charge in [-0.3, -0.25) is 0 Å². The summed E-state index contributed by atoms with van der Waals surface area (Å²) in [5, 5.41) is 0. The van der Waals surface area contributed by atoms with E-state index in [0.29, 0.717) is 0 Å². The second-order valence-corrected chi connectivity index (χ2v) is 0.